The normalized spacial score (nSPS) is 12.6. The molecule has 1 heterocycles. The highest BCUT2D eigenvalue weighted by atomic mass is 32.2. The van der Waals surface area contributed by atoms with Gasteiger partial charge in [-0.2, -0.15) is 0 Å². The fraction of sp³-hybridized carbons (Fsp3) is 0.263. The molecule has 0 spiro atoms. The molecule has 0 radical (unpaired) electrons. The molecule has 2 aromatic carbocycles. The fourth-order valence-corrected chi connectivity index (χ4v) is 3.71. The monoisotopic (exact) mass is 417 g/mol. The molecule has 1 aliphatic rings. The molecule has 2 N–H and O–H groups in total. The maximum absolute atomic E-state index is 12.4. The van der Waals surface area contributed by atoms with E-state index in [0.29, 0.717) is 28.3 Å². The first kappa shape index (κ1) is 20.5. The summed E-state index contributed by atoms with van der Waals surface area (Å²) in [5.41, 5.74) is 1.32. The van der Waals surface area contributed by atoms with Gasteiger partial charge in [0.15, 0.2) is 11.5 Å². The molecule has 0 saturated heterocycles. The summed E-state index contributed by atoms with van der Waals surface area (Å²) in [6.45, 7) is 0.188. The van der Waals surface area contributed by atoms with E-state index in [2.05, 4.69) is 10.6 Å². The van der Waals surface area contributed by atoms with Crippen LogP contribution in [0.2, 0.25) is 0 Å². The Kier molecular flexibility index (Phi) is 6.23. The summed E-state index contributed by atoms with van der Waals surface area (Å²) in [6, 6.07) is 7.92. The predicted molar refractivity (Wildman–Crippen MR) is 108 cm³/mol. The first-order chi connectivity index (χ1) is 13.9. The number of ether oxygens (including phenoxy) is 2. The summed E-state index contributed by atoms with van der Waals surface area (Å²) in [6.07, 6.45) is 0.236. The number of thioether (sulfide) groups is 1. The van der Waals surface area contributed by atoms with Crippen LogP contribution < -0.4 is 20.1 Å². The number of rotatable bonds is 7. The third kappa shape index (κ3) is 4.60. The Morgan fingerprint density at radius 3 is 2.66 bits per heavy atom. The Balaban J connectivity index is 1.70. The van der Waals surface area contributed by atoms with E-state index >= 15 is 0 Å². The molecule has 3 rings (SSSR count). The maximum atomic E-state index is 12.4. The van der Waals surface area contributed by atoms with Crippen LogP contribution in [-0.4, -0.2) is 43.3 Å². The van der Waals surface area contributed by atoms with Crippen LogP contribution in [0.5, 0.6) is 11.5 Å². The Hall–Kier alpha value is -3.27. The number of hydrogen-bond donors (Lipinski definition) is 2. The van der Waals surface area contributed by atoms with Crippen LogP contribution in [0.15, 0.2) is 35.2 Å². The molecule has 29 heavy (non-hydrogen) atoms. The third-order valence-electron chi connectivity index (χ3n) is 4.34. The predicted octanol–water partition coefficient (Wildman–Crippen LogP) is 2.63. The third-order valence-corrected chi connectivity index (χ3v) is 5.41. The number of amides is 2. The molecule has 1 aliphatic heterocycles. The van der Waals surface area contributed by atoms with Gasteiger partial charge < -0.3 is 20.1 Å². The van der Waals surface area contributed by atoms with Gasteiger partial charge in [-0.3, -0.25) is 19.7 Å². The molecule has 0 fully saturated rings. The van der Waals surface area contributed by atoms with Crippen LogP contribution >= 0.6 is 11.8 Å². The number of nitro groups is 1. The first-order valence-corrected chi connectivity index (χ1v) is 9.65. The zero-order valence-electron chi connectivity index (χ0n) is 15.8. The van der Waals surface area contributed by atoms with E-state index in [0.717, 1.165) is 4.90 Å². The van der Waals surface area contributed by atoms with Crippen molar-refractivity contribution in [3.63, 3.8) is 0 Å². The minimum atomic E-state index is -0.497. The van der Waals surface area contributed by atoms with E-state index in [1.54, 1.807) is 18.2 Å². The zero-order chi connectivity index (χ0) is 21.0. The van der Waals surface area contributed by atoms with Crippen molar-refractivity contribution in [1.82, 2.24) is 5.32 Å². The number of nitro benzene ring substituents is 1. The average Bonchev–Trinajstić information content (AvgIpc) is 2.72. The van der Waals surface area contributed by atoms with Gasteiger partial charge in [-0.25, -0.2) is 0 Å². The molecule has 0 unspecified atom stereocenters. The number of benzene rings is 2. The number of nitrogens with zero attached hydrogens (tertiary/aromatic N) is 1. The number of fused-ring (bicyclic) bond motifs is 1. The van der Waals surface area contributed by atoms with Crippen LogP contribution in [0.1, 0.15) is 15.9 Å². The largest absolute Gasteiger partial charge is 0.493 e. The van der Waals surface area contributed by atoms with Crippen molar-refractivity contribution < 1.29 is 24.0 Å². The molecular formula is C19H19N3O6S. The van der Waals surface area contributed by atoms with Gasteiger partial charge in [0.25, 0.3) is 11.6 Å². The van der Waals surface area contributed by atoms with Gasteiger partial charge in [-0.05, 0) is 30.7 Å². The highest BCUT2D eigenvalue weighted by Crippen LogP contribution is 2.35. The lowest BCUT2D eigenvalue weighted by Crippen LogP contribution is -2.26. The lowest BCUT2D eigenvalue weighted by atomic mass is 10.1. The number of carbonyl (C=O) groups excluding carboxylic acids is 2. The quantitative estimate of drug-likeness (QED) is 0.525. The van der Waals surface area contributed by atoms with Crippen molar-refractivity contribution in [2.45, 2.75) is 11.3 Å². The van der Waals surface area contributed by atoms with Crippen LogP contribution in [0.3, 0.4) is 0 Å². The zero-order valence-corrected chi connectivity index (χ0v) is 16.6. The Morgan fingerprint density at radius 1 is 1.24 bits per heavy atom. The molecule has 152 valence electrons. The molecule has 0 aromatic heterocycles. The second kappa shape index (κ2) is 8.82. The first-order valence-electron chi connectivity index (χ1n) is 8.67. The van der Waals surface area contributed by atoms with Crippen molar-refractivity contribution in [1.29, 1.82) is 0 Å². The maximum Gasteiger partial charge on any atom is 0.276 e. The lowest BCUT2D eigenvalue weighted by molar-refractivity contribution is -0.385. The summed E-state index contributed by atoms with van der Waals surface area (Å²) in [5.74, 6) is 0.549. The van der Waals surface area contributed by atoms with E-state index in [9.17, 15) is 19.7 Å². The molecule has 2 aromatic rings. The second-order valence-corrected chi connectivity index (χ2v) is 7.16. The second-order valence-electron chi connectivity index (χ2n) is 6.15. The van der Waals surface area contributed by atoms with E-state index < -0.39 is 4.92 Å². The molecule has 0 saturated carbocycles. The van der Waals surface area contributed by atoms with Gasteiger partial charge in [0.1, 0.15) is 0 Å². The smallest absolute Gasteiger partial charge is 0.276 e. The number of carbonyl (C=O) groups is 2. The van der Waals surface area contributed by atoms with Crippen molar-refractivity contribution in [2.24, 2.45) is 0 Å². The van der Waals surface area contributed by atoms with Gasteiger partial charge in [0, 0.05) is 22.6 Å². The van der Waals surface area contributed by atoms with Crippen LogP contribution in [0, 0.1) is 10.1 Å². The fourth-order valence-electron chi connectivity index (χ4n) is 2.92. The number of nitrogens with one attached hydrogen (secondary N) is 2. The van der Waals surface area contributed by atoms with Crippen molar-refractivity contribution >= 4 is 35.0 Å². The van der Waals surface area contributed by atoms with Gasteiger partial charge in [0.05, 0.1) is 36.6 Å². The van der Waals surface area contributed by atoms with Gasteiger partial charge >= 0.3 is 0 Å². The Morgan fingerprint density at radius 2 is 1.97 bits per heavy atom. The van der Waals surface area contributed by atoms with E-state index in [1.165, 1.54) is 38.1 Å². The molecule has 0 aliphatic carbocycles. The van der Waals surface area contributed by atoms with Gasteiger partial charge in [0.2, 0.25) is 5.91 Å². The highest BCUT2D eigenvalue weighted by Gasteiger charge is 2.20. The highest BCUT2D eigenvalue weighted by molar-refractivity contribution is 8.00. The summed E-state index contributed by atoms with van der Waals surface area (Å²) < 4.78 is 10.3. The number of hydrogen-bond acceptors (Lipinski definition) is 7. The van der Waals surface area contributed by atoms with Crippen molar-refractivity contribution in [2.75, 3.05) is 31.8 Å². The standard InChI is InChI=1S/C19H19N3O6S/c1-27-15-8-11(14(22(25)26)9-16(15)28-2)5-6-20-19(24)12-3-4-17-13(7-12)21-18(23)10-29-17/h3-4,7-9H,5-6,10H2,1-2H3,(H,20,24)(H,21,23). The molecule has 0 bridgehead atoms. The SMILES string of the molecule is COc1cc(CCNC(=O)c2ccc3c(c2)NC(=O)CS3)c([N+](=O)[O-])cc1OC. The number of anilines is 1. The molecular weight excluding hydrogens is 398 g/mol. The number of methoxy groups -OCH3 is 2. The Labute approximate surface area is 170 Å². The van der Waals surface area contributed by atoms with E-state index in [1.807, 2.05) is 0 Å². The van der Waals surface area contributed by atoms with Gasteiger partial charge in [-0.15, -0.1) is 11.8 Å². The lowest BCUT2D eigenvalue weighted by Gasteiger charge is -2.17. The summed E-state index contributed by atoms with van der Waals surface area (Å²) in [4.78, 5) is 35.7. The average molecular weight is 417 g/mol. The van der Waals surface area contributed by atoms with Crippen molar-refractivity contribution in [3.8, 4) is 11.5 Å². The molecule has 10 heteroatoms. The van der Waals surface area contributed by atoms with E-state index in [-0.39, 0.29) is 36.2 Å². The van der Waals surface area contributed by atoms with Crippen LogP contribution in [0.4, 0.5) is 11.4 Å². The Bertz CT molecular complexity index is 979. The summed E-state index contributed by atoms with van der Waals surface area (Å²) in [5, 5.41) is 16.8. The van der Waals surface area contributed by atoms with Crippen LogP contribution in [0.25, 0.3) is 0 Å². The van der Waals surface area contributed by atoms with Gasteiger partial charge in [-0.1, -0.05) is 0 Å². The summed E-state index contributed by atoms with van der Waals surface area (Å²) in [7, 11) is 2.85. The molecule has 9 nitrogen and oxygen atoms in total. The van der Waals surface area contributed by atoms with Crippen molar-refractivity contribution in [3.05, 3.63) is 51.6 Å². The topological polar surface area (TPSA) is 120 Å². The summed E-state index contributed by atoms with van der Waals surface area (Å²) >= 11 is 1.41. The van der Waals surface area contributed by atoms with E-state index in [4.69, 9.17) is 9.47 Å². The minimum absolute atomic E-state index is 0.106. The molecule has 2 amide bonds. The van der Waals surface area contributed by atoms with Crippen LogP contribution in [-0.2, 0) is 11.2 Å². The molecule has 0 atom stereocenters. The minimum Gasteiger partial charge on any atom is -0.493 e.